The molecular weight excluding hydrogens is 385 g/mol. The predicted octanol–water partition coefficient (Wildman–Crippen LogP) is 4.03. The van der Waals surface area contributed by atoms with Gasteiger partial charge in [-0.15, -0.1) is 5.10 Å². The number of allylic oxidation sites excluding steroid dienone is 1. The molecule has 0 saturated heterocycles. The molecule has 0 bridgehead atoms. The van der Waals surface area contributed by atoms with Crippen molar-refractivity contribution in [2.24, 2.45) is 5.73 Å². The van der Waals surface area contributed by atoms with E-state index in [9.17, 15) is 4.79 Å². The standard InChI is InChI=1S/C19H15Cl2N5O/c1-10-15(17(22)27)16(11-6-8-12(20)9-7-11)26-19(23-10)24-18(25-26)13-4-2-3-5-14(13)21/h2-9,16H,1H3,(H2,22,27)(H,23,24,25)/t16-/m1/s1. The molecular formula is C19H15Cl2N5O. The first-order valence-electron chi connectivity index (χ1n) is 8.20. The number of fused-ring (bicyclic) bond motifs is 1. The summed E-state index contributed by atoms with van der Waals surface area (Å²) in [7, 11) is 0. The fourth-order valence-electron chi connectivity index (χ4n) is 3.18. The summed E-state index contributed by atoms with van der Waals surface area (Å²) in [5.41, 5.74) is 8.25. The van der Waals surface area contributed by atoms with Gasteiger partial charge in [0.25, 0.3) is 0 Å². The van der Waals surface area contributed by atoms with E-state index in [0.717, 1.165) is 5.56 Å². The number of rotatable bonds is 3. The number of nitrogens with one attached hydrogen (secondary N) is 1. The molecule has 2 heterocycles. The van der Waals surface area contributed by atoms with Crippen molar-refractivity contribution < 1.29 is 4.79 Å². The normalized spacial score (nSPS) is 16.0. The molecule has 6 nitrogen and oxygen atoms in total. The van der Waals surface area contributed by atoms with Crippen LogP contribution in [0.2, 0.25) is 10.0 Å². The quantitative estimate of drug-likeness (QED) is 0.695. The van der Waals surface area contributed by atoms with Gasteiger partial charge in [-0.25, -0.2) is 4.68 Å². The Hall–Kier alpha value is -2.83. The number of primary amides is 1. The molecule has 0 radical (unpaired) electrons. The third kappa shape index (κ3) is 3.07. The Balaban J connectivity index is 1.90. The SMILES string of the molecule is CC1=C(C(N)=O)[C@@H](c2ccc(Cl)cc2)n2nc(-c3ccccc3Cl)nc2N1. The van der Waals surface area contributed by atoms with Crippen LogP contribution in [0.4, 0.5) is 5.95 Å². The van der Waals surface area contributed by atoms with E-state index in [4.69, 9.17) is 28.9 Å². The highest BCUT2D eigenvalue weighted by atomic mass is 35.5. The van der Waals surface area contributed by atoms with Gasteiger partial charge in [-0.05, 0) is 36.8 Å². The zero-order valence-electron chi connectivity index (χ0n) is 14.3. The first-order valence-corrected chi connectivity index (χ1v) is 8.96. The van der Waals surface area contributed by atoms with Crippen LogP contribution in [-0.2, 0) is 4.79 Å². The number of benzene rings is 2. The van der Waals surface area contributed by atoms with Gasteiger partial charge in [0.1, 0.15) is 6.04 Å². The van der Waals surface area contributed by atoms with Crippen LogP contribution >= 0.6 is 23.2 Å². The number of halogens is 2. The Morgan fingerprint density at radius 3 is 2.52 bits per heavy atom. The maximum absolute atomic E-state index is 12.2. The lowest BCUT2D eigenvalue weighted by molar-refractivity contribution is -0.115. The van der Waals surface area contributed by atoms with Crippen LogP contribution in [0.5, 0.6) is 0 Å². The summed E-state index contributed by atoms with van der Waals surface area (Å²) < 4.78 is 1.65. The van der Waals surface area contributed by atoms with Gasteiger partial charge in [-0.2, -0.15) is 4.98 Å². The van der Waals surface area contributed by atoms with Crippen LogP contribution in [0, 0.1) is 0 Å². The van der Waals surface area contributed by atoms with E-state index < -0.39 is 11.9 Å². The van der Waals surface area contributed by atoms with Gasteiger partial charge in [-0.1, -0.05) is 47.5 Å². The highest BCUT2D eigenvalue weighted by Crippen LogP contribution is 2.37. The number of aromatic nitrogens is 3. The maximum atomic E-state index is 12.2. The average molecular weight is 400 g/mol. The van der Waals surface area contributed by atoms with Gasteiger partial charge in [0, 0.05) is 16.3 Å². The van der Waals surface area contributed by atoms with Crippen LogP contribution in [0.25, 0.3) is 11.4 Å². The number of anilines is 1. The summed E-state index contributed by atoms with van der Waals surface area (Å²) in [6.45, 7) is 1.79. The molecule has 3 N–H and O–H groups in total. The zero-order chi connectivity index (χ0) is 19.1. The van der Waals surface area contributed by atoms with E-state index in [1.54, 1.807) is 29.8 Å². The predicted molar refractivity (Wildman–Crippen MR) is 106 cm³/mol. The summed E-state index contributed by atoms with van der Waals surface area (Å²) >= 11 is 12.3. The first kappa shape index (κ1) is 17.6. The van der Waals surface area contributed by atoms with E-state index in [1.807, 2.05) is 30.3 Å². The molecule has 0 spiro atoms. The summed E-state index contributed by atoms with van der Waals surface area (Å²) in [4.78, 5) is 16.7. The molecule has 1 atom stereocenters. The molecule has 1 amide bonds. The van der Waals surface area contributed by atoms with E-state index in [0.29, 0.717) is 38.7 Å². The van der Waals surface area contributed by atoms with Gasteiger partial charge < -0.3 is 11.1 Å². The molecule has 136 valence electrons. The van der Waals surface area contributed by atoms with Gasteiger partial charge in [-0.3, -0.25) is 4.79 Å². The molecule has 1 aliphatic heterocycles. The highest BCUT2D eigenvalue weighted by molar-refractivity contribution is 6.33. The second-order valence-corrected chi connectivity index (χ2v) is 7.01. The van der Waals surface area contributed by atoms with Crippen molar-refractivity contribution in [3.8, 4) is 11.4 Å². The monoisotopic (exact) mass is 399 g/mol. The van der Waals surface area contributed by atoms with Crippen LogP contribution in [0.1, 0.15) is 18.5 Å². The molecule has 0 aliphatic carbocycles. The van der Waals surface area contributed by atoms with Crippen molar-refractivity contribution in [2.75, 3.05) is 5.32 Å². The topological polar surface area (TPSA) is 85.8 Å². The number of nitrogens with two attached hydrogens (primary N) is 1. The molecule has 0 fully saturated rings. The lowest BCUT2D eigenvalue weighted by Gasteiger charge is -2.27. The number of hydrogen-bond donors (Lipinski definition) is 2. The summed E-state index contributed by atoms with van der Waals surface area (Å²) in [6, 6.07) is 14.0. The minimum atomic E-state index is -0.527. The molecule has 0 unspecified atom stereocenters. The average Bonchev–Trinajstić information content (AvgIpc) is 3.04. The van der Waals surface area contributed by atoms with E-state index in [1.165, 1.54) is 0 Å². The molecule has 2 aromatic carbocycles. The summed E-state index contributed by atoms with van der Waals surface area (Å²) in [6.07, 6.45) is 0. The number of hydrogen-bond acceptors (Lipinski definition) is 4. The fraction of sp³-hybridized carbons (Fsp3) is 0.105. The first-order chi connectivity index (χ1) is 13.0. The number of nitrogens with zero attached hydrogens (tertiary/aromatic N) is 3. The molecule has 0 saturated carbocycles. The van der Waals surface area contributed by atoms with Crippen molar-refractivity contribution in [3.05, 3.63) is 75.4 Å². The van der Waals surface area contributed by atoms with E-state index >= 15 is 0 Å². The van der Waals surface area contributed by atoms with Crippen LogP contribution in [0.3, 0.4) is 0 Å². The van der Waals surface area contributed by atoms with Crippen molar-refractivity contribution in [3.63, 3.8) is 0 Å². The van der Waals surface area contributed by atoms with Crippen molar-refractivity contribution in [1.82, 2.24) is 14.8 Å². The van der Waals surface area contributed by atoms with E-state index in [-0.39, 0.29) is 0 Å². The lowest BCUT2D eigenvalue weighted by atomic mass is 9.95. The largest absolute Gasteiger partial charge is 0.366 e. The summed E-state index contributed by atoms with van der Waals surface area (Å²) in [5.74, 6) is 0.438. The molecule has 4 rings (SSSR count). The second-order valence-electron chi connectivity index (χ2n) is 6.17. The molecule has 1 aromatic heterocycles. The molecule has 8 heteroatoms. The zero-order valence-corrected chi connectivity index (χ0v) is 15.8. The van der Waals surface area contributed by atoms with Crippen molar-refractivity contribution in [1.29, 1.82) is 0 Å². The Kier molecular flexibility index (Phi) is 4.37. The molecule has 1 aliphatic rings. The second kappa shape index (κ2) is 6.72. The van der Waals surface area contributed by atoms with Crippen molar-refractivity contribution in [2.45, 2.75) is 13.0 Å². The molecule has 27 heavy (non-hydrogen) atoms. The Labute approximate surface area is 165 Å². The number of amides is 1. The van der Waals surface area contributed by atoms with Gasteiger partial charge in [0.15, 0.2) is 5.82 Å². The third-order valence-corrected chi connectivity index (χ3v) is 5.00. The number of carbonyl (C=O) groups is 1. The van der Waals surface area contributed by atoms with Crippen LogP contribution < -0.4 is 11.1 Å². The van der Waals surface area contributed by atoms with Gasteiger partial charge in [0.2, 0.25) is 11.9 Å². The Bertz CT molecular complexity index is 1070. The fourth-order valence-corrected chi connectivity index (χ4v) is 3.53. The maximum Gasteiger partial charge on any atom is 0.248 e. The highest BCUT2D eigenvalue weighted by Gasteiger charge is 2.33. The lowest BCUT2D eigenvalue weighted by Crippen LogP contribution is -2.31. The van der Waals surface area contributed by atoms with Crippen molar-refractivity contribution >= 4 is 35.1 Å². The minimum absolute atomic E-state index is 0.417. The van der Waals surface area contributed by atoms with E-state index in [2.05, 4.69) is 15.4 Å². The van der Waals surface area contributed by atoms with Gasteiger partial charge in [0.05, 0.1) is 10.6 Å². The summed E-state index contributed by atoms with van der Waals surface area (Å²) in [5, 5.41) is 8.87. The minimum Gasteiger partial charge on any atom is -0.366 e. The Morgan fingerprint density at radius 1 is 1.15 bits per heavy atom. The van der Waals surface area contributed by atoms with Crippen LogP contribution in [-0.4, -0.2) is 20.7 Å². The smallest absolute Gasteiger partial charge is 0.248 e. The Morgan fingerprint density at radius 2 is 1.85 bits per heavy atom. The third-order valence-electron chi connectivity index (χ3n) is 4.42. The number of carbonyl (C=O) groups excluding carboxylic acids is 1. The molecule has 3 aromatic rings. The van der Waals surface area contributed by atoms with Crippen LogP contribution in [0.15, 0.2) is 59.8 Å². The van der Waals surface area contributed by atoms with Gasteiger partial charge >= 0.3 is 0 Å².